The molecule has 1 unspecified atom stereocenters. The van der Waals surface area contributed by atoms with E-state index in [0.717, 1.165) is 0 Å². The van der Waals surface area contributed by atoms with E-state index in [1.807, 2.05) is 0 Å². The summed E-state index contributed by atoms with van der Waals surface area (Å²) in [6.07, 6.45) is 0.443. The van der Waals surface area contributed by atoms with Crippen molar-refractivity contribution in [3.05, 3.63) is 12.1 Å². The van der Waals surface area contributed by atoms with Crippen LogP contribution in [0.5, 0.6) is 5.75 Å². The third-order valence-electron chi connectivity index (χ3n) is 3.28. The summed E-state index contributed by atoms with van der Waals surface area (Å²) in [5.74, 6) is 1.32. The van der Waals surface area contributed by atoms with Crippen LogP contribution in [0.25, 0.3) is 0 Å². The second-order valence-electron chi connectivity index (χ2n) is 4.66. The molecule has 1 atom stereocenters. The Bertz CT molecular complexity index is 546. The van der Waals surface area contributed by atoms with Crippen molar-refractivity contribution in [2.45, 2.75) is 6.42 Å². The van der Waals surface area contributed by atoms with E-state index in [1.165, 1.54) is 0 Å². The van der Waals surface area contributed by atoms with Gasteiger partial charge < -0.3 is 15.8 Å². The maximum atomic E-state index is 11.9. The van der Waals surface area contributed by atoms with Crippen molar-refractivity contribution in [1.29, 1.82) is 0 Å². The Labute approximate surface area is 109 Å². The van der Waals surface area contributed by atoms with Crippen molar-refractivity contribution in [1.82, 2.24) is 4.98 Å². The van der Waals surface area contributed by atoms with Crippen LogP contribution in [0.2, 0.25) is 0 Å². The molecule has 19 heavy (non-hydrogen) atoms. The molecule has 2 aliphatic rings. The quantitative estimate of drug-likeness (QED) is 0.764. The van der Waals surface area contributed by atoms with Gasteiger partial charge in [0.1, 0.15) is 5.82 Å². The highest BCUT2D eigenvalue weighted by Crippen LogP contribution is 2.30. The van der Waals surface area contributed by atoms with Gasteiger partial charge in [0.25, 0.3) is 5.91 Å². The lowest BCUT2D eigenvalue weighted by atomic mass is 10.1. The van der Waals surface area contributed by atoms with Crippen LogP contribution >= 0.6 is 0 Å². The normalized spacial score (nSPS) is 21.9. The van der Waals surface area contributed by atoms with Crippen molar-refractivity contribution in [2.24, 2.45) is 11.7 Å². The van der Waals surface area contributed by atoms with Crippen LogP contribution < -0.4 is 20.7 Å². The Hall–Kier alpha value is -2.15. The van der Waals surface area contributed by atoms with Crippen LogP contribution in [-0.2, 0) is 9.59 Å². The second kappa shape index (κ2) is 4.51. The summed E-state index contributed by atoms with van der Waals surface area (Å²) in [5, 5.41) is 2.63. The third kappa shape index (κ3) is 2.12. The number of nitrogens with two attached hydrogens (primary N) is 1. The zero-order valence-corrected chi connectivity index (χ0v) is 10.3. The molecule has 1 aromatic heterocycles. The molecule has 2 aliphatic heterocycles. The highest BCUT2D eigenvalue weighted by molar-refractivity contribution is 5.97. The summed E-state index contributed by atoms with van der Waals surface area (Å²) in [6.45, 7) is 1.04. The molecule has 1 aromatic rings. The average molecular weight is 262 g/mol. The number of hydrogen-bond acceptors (Lipinski definition) is 5. The van der Waals surface area contributed by atoms with Gasteiger partial charge in [-0.15, -0.1) is 0 Å². The molecular weight excluding hydrogens is 248 g/mol. The smallest absolute Gasteiger partial charge is 0.263 e. The Morgan fingerprint density at radius 2 is 2.32 bits per heavy atom. The third-order valence-corrected chi connectivity index (χ3v) is 3.28. The first-order valence-corrected chi connectivity index (χ1v) is 6.11. The van der Waals surface area contributed by atoms with E-state index < -0.39 is 0 Å². The Kier molecular flexibility index (Phi) is 2.83. The Morgan fingerprint density at radius 3 is 3.05 bits per heavy atom. The van der Waals surface area contributed by atoms with Crippen LogP contribution in [0.4, 0.5) is 11.6 Å². The summed E-state index contributed by atoms with van der Waals surface area (Å²) in [4.78, 5) is 29.0. The zero-order chi connectivity index (χ0) is 13.4. The second-order valence-corrected chi connectivity index (χ2v) is 4.66. The van der Waals surface area contributed by atoms with E-state index in [-0.39, 0.29) is 24.3 Å². The molecule has 3 heterocycles. The van der Waals surface area contributed by atoms with Gasteiger partial charge in [-0.2, -0.15) is 0 Å². The first kappa shape index (κ1) is 11.9. The highest BCUT2D eigenvalue weighted by Gasteiger charge is 2.31. The standard InChI is InChI=1S/C12H14N4O3/c13-4-7-3-11(18)16(5-7)9-2-1-8-12(14-9)15-10(17)6-19-8/h1-2,7H,3-6,13H2,(H,14,15,17). The molecule has 0 saturated carbocycles. The van der Waals surface area contributed by atoms with Crippen LogP contribution in [0, 0.1) is 5.92 Å². The number of nitrogens with one attached hydrogen (secondary N) is 1. The van der Waals surface area contributed by atoms with Gasteiger partial charge >= 0.3 is 0 Å². The van der Waals surface area contributed by atoms with Gasteiger partial charge in [0.2, 0.25) is 5.91 Å². The van der Waals surface area contributed by atoms with Crippen LogP contribution in [-0.4, -0.2) is 36.5 Å². The number of pyridine rings is 1. The van der Waals surface area contributed by atoms with E-state index in [2.05, 4.69) is 10.3 Å². The summed E-state index contributed by atoms with van der Waals surface area (Å²) < 4.78 is 5.22. The van der Waals surface area contributed by atoms with Gasteiger partial charge in [0, 0.05) is 13.0 Å². The monoisotopic (exact) mass is 262 g/mol. The van der Waals surface area contributed by atoms with E-state index in [1.54, 1.807) is 17.0 Å². The first-order valence-electron chi connectivity index (χ1n) is 6.11. The average Bonchev–Trinajstić information content (AvgIpc) is 2.79. The van der Waals surface area contributed by atoms with Crippen molar-refractivity contribution in [2.75, 3.05) is 29.9 Å². The van der Waals surface area contributed by atoms with Crippen molar-refractivity contribution in [3.8, 4) is 5.75 Å². The number of aromatic nitrogens is 1. The van der Waals surface area contributed by atoms with Gasteiger partial charge in [-0.05, 0) is 24.6 Å². The van der Waals surface area contributed by atoms with Crippen molar-refractivity contribution in [3.63, 3.8) is 0 Å². The maximum Gasteiger partial charge on any atom is 0.263 e. The number of amides is 2. The zero-order valence-electron chi connectivity index (χ0n) is 10.3. The fraction of sp³-hybridized carbons (Fsp3) is 0.417. The molecule has 0 bridgehead atoms. The predicted octanol–water partition coefficient (Wildman–Crippen LogP) is -0.276. The van der Waals surface area contributed by atoms with Crippen molar-refractivity contribution < 1.29 is 14.3 Å². The van der Waals surface area contributed by atoms with Gasteiger partial charge in [-0.25, -0.2) is 4.98 Å². The van der Waals surface area contributed by atoms with Crippen LogP contribution in [0.3, 0.4) is 0 Å². The minimum atomic E-state index is -0.246. The number of ether oxygens (including phenoxy) is 1. The molecule has 0 aromatic carbocycles. The van der Waals surface area contributed by atoms with Crippen LogP contribution in [0.1, 0.15) is 6.42 Å². The summed E-state index contributed by atoms with van der Waals surface area (Å²) in [6, 6.07) is 3.42. The summed E-state index contributed by atoms with van der Waals surface area (Å²) in [7, 11) is 0. The molecule has 1 saturated heterocycles. The van der Waals surface area contributed by atoms with Crippen LogP contribution in [0.15, 0.2) is 12.1 Å². The predicted molar refractivity (Wildman–Crippen MR) is 67.9 cm³/mol. The first-order chi connectivity index (χ1) is 9.17. The van der Waals surface area contributed by atoms with E-state index >= 15 is 0 Å². The van der Waals surface area contributed by atoms with E-state index in [9.17, 15) is 9.59 Å². The Morgan fingerprint density at radius 1 is 1.47 bits per heavy atom. The fourth-order valence-corrected chi connectivity index (χ4v) is 2.26. The lowest BCUT2D eigenvalue weighted by Crippen LogP contribution is -2.29. The largest absolute Gasteiger partial charge is 0.480 e. The number of hydrogen-bond donors (Lipinski definition) is 2. The Balaban J connectivity index is 1.88. The summed E-state index contributed by atoms with van der Waals surface area (Å²) in [5.41, 5.74) is 5.59. The molecule has 7 heteroatoms. The van der Waals surface area contributed by atoms with E-state index in [0.29, 0.717) is 36.9 Å². The molecule has 0 spiro atoms. The van der Waals surface area contributed by atoms with Gasteiger partial charge in [-0.1, -0.05) is 0 Å². The lowest BCUT2D eigenvalue weighted by molar-refractivity contribution is -0.118. The number of carbonyl (C=O) groups excluding carboxylic acids is 2. The SMILES string of the molecule is NCC1CC(=O)N(c2ccc3c(n2)NC(=O)CO3)C1. The van der Waals surface area contributed by atoms with E-state index in [4.69, 9.17) is 10.5 Å². The molecule has 1 fully saturated rings. The van der Waals surface area contributed by atoms with Gasteiger partial charge in [-0.3, -0.25) is 14.5 Å². The minimum Gasteiger partial charge on any atom is -0.480 e. The number of rotatable bonds is 2. The maximum absolute atomic E-state index is 11.9. The molecule has 2 amide bonds. The van der Waals surface area contributed by atoms with Gasteiger partial charge in [0.05, 0.1) is 0 Å². The molecule has 3 rings (SSSR count). The molecule has 0 aliphatic carbocycles. The molecular formula is C12H14N4O3. The number of nitrogens with zero attached hydrogens (tertiary/aromatic N) is 2. The summed E-state index contributed by atoms with van der Waals surface area (Å²) >= 11 is 0. The lowest BCUT2D eigenvalue weighted by Gasteiger charge is -2.20. The fourth-order valence-electron chi connectivity index (χ4n) is 2.26. The molecule has 0 radical (unpaired) electrons. The molecule has 3 N–H and O–H groups in total. The number of anilines is 2. The number of carbonyl (C=O) groups is 2. The minimum absolute atomic E-state index is 0.00551. The topological polar surface area (TPSA) is 97.5 Å². The van der Waals surface area contributed by atoms with Crippen molar-refractivity contribution >= 4 is 23.5 Å². The number of fused-ring (bicyclic) bond motifs is 1. The molecule has 7 nitrogen and oxygen atoms in total. The highest BCUT2D eigenvalue weighted by atomic mass is 16.5. The van der Waals surface area contributed by atoms with Gasteiger partial charge in [0.15, 0.2) is 18.2 Å². The molecule has 100 valence electrons.